The van der Waals surface area contributed by atoms with Crippen LogP contribution < -0.4 is 24.0 Å². The van der Waals surface area contributed by atoms with Gasteiger partial charge in [-0.15, -0.1) is 0 Å². The Balaban J connectivity index is 0. The van der Waals surface area contributed by atoms with Crippen molar-refractivity contribution in [2.75, 3.05) is 52.4 Å². The van der Waals surface area contributed by atoms with E-state index in [4.69, 9.17) is 4.74 Å². The van der Waals surface area contributed by atoms with Crippen molar-refractivity contribution in [2.45, 2.75) is 54.1 Å². The van der Waals surface area contributed by atoms with Crippen LogP contribution in [0.5, 0.6) is 0 Å². The molecule has 0 aliphatic carbocycles. The highest BCUT2D eigenvalue weighted by Gasteiger charge is 2.95. The molecule has 0 aliphatic rings. The van der Waals surface area contributed by atoms with E-state index in [1.807, 2.05) is 0 Å². The molecule has 0 rings (SSSR count). The lowest BCUT2D eigenvalue weighted by atomic mass is 9.88. The second-order valence-electron chi connectivity index (χ2n) is 8.64. The molecule has 0 saturated heterocycles. The van der Waals surface area contributed by atoms with Crippen molar-refractivity contribution in [3.63, 3.8) is 0 Å². The Morgan fingerprint density at radius 1 is 0.526 bits per heavy atom. The van der Waals surface area contributed by atoms with Gasteiger partial charge in [0.15, 0.2) is 0 Å². The van der Waals surface area contributed by atoms with E-state index in [1.54, 1.807) is 21.1 Å². The smallest absolute Gasteiger partial charge is 0.460 e. The average molecular weight is 737 g/mol. The first kappa shape index (κ1) is 40.0. The van der Waals surface area contributed by atoms with Crippen LogP contribution in [-0.2, 0) is 4.74 Å². The zero-order chi connectivity index (χ0) is 30.2. The minimum absolute atomic E-state index is 0. The van der Waals surface area contributed by atoms with Gasteiger partial charge in [0.05, 0.1) is 34.4 Å². The maximum absolute atomic E-state index is 13.7. The Hall–Kier alpha value is -0.190. The van der Waals surface area contributed by atoms with E-state index in [-0.39, 0.29) is 42.9 Å². The summed E-state index contributed by atoms with van der Waals surface area (Å²) in [5.41, 5.74) is 0. The average Bonchev–Trinajstić information content (AvgIpc) is 2.67. The maximum atomic E-state index is 13.7. The molecule has 0 radical (unpaired) electrons. The van der Waals surface area contributed by atoms with E-state index in [0.29, 0.717) is 22.8 Å². The second kappa shape index (κ2) is 12.4. The summed E-state index contributed by atoms with van der Waals surface area (Å²) in [4.78, 5) is 0. The van der Waals surface area contributed by atoms with Gasteiger partial charge >= 0.3 is 47.6 Å². The molecular formula is C17H21F17INOS. The third-order valence-electron chi connectivity index (χ3n) is 4.63. The van der Waals surface area contributed by atoms with Gasteiger partial charge in [-0.05, 0) is 5.75 Å². The number of ether oxygens (including phenoxy) is 1. The van der Waals surface area contributed by atoms with E-state index in [1.165, 1.54) is 0 Å². The molecule has 21 heteroatoms. The van der Waals surface area contributed by atoms with Crippen molar-refractivity contribution in [3.8, 4) is 0 Å². The van der Waals surface area contributed by atoms with Gasteiger partial charge in [0.25, 0.3) is 0 Å². The van der Waals surface area contributed by atoms with E-state index >= 15 is 0 Å². The number of quaternary nitrogens is 1. The minimum atomic E-state index is -8.60. The quantitative estimate of drug-likeness (QED) is 0.110. The van der Waals surface area contributed by atoms with Crippen LogP contribution in [0.2, 0.25) is 0 Å². The molecule has 0 amide bonds. The van der Waals surface area contributed by atoms with Crippen molar-refractivity contribution >= 4 is 11.8 Å². The summed E-state index contributed by atoms with van der Waals surface area (Å²) in [6.45, 7) is 0.429. The summed E-state index contributed by atoms with van der Waals surface area (Å²) in [7, 11) is 5.33. The van der Waals surface area contributed by atoms with Gasteiger partial charge in [0, 0.05) is 12.2 Å². The number of alkyl halides is 17. The fraction of sp³-hybridized carbons (Fsp3) is 1.00. The topological polar surface area (TPSA) is 9.23 Å². The van der Waals surface area contributed by atoms with Crippen LogP contribution >= 0.6 is 11.8 Å². The SMILES string of the molecule is C[N+](C)(C)CCOCCSCCC(F)(F)C(F)(F)C(F)(F)C(F)(F)C(F)(F)C(F)(F)C(F)(F)C(F)(F)F.[I-]. The van der Waals surface area contributed by atoms with Gasteiger partial charge in [0.1, 0.15) is 6.54 Å². The van der Waals surface area contributed by atoms with Crippen molar-refractivity contribution in [1.82, 2.24) is 0 Å². The fourth-order valence-corrected chi connectivity index (χ4v) is 3.05. The number of hydrogen-bond donors (Lipinski definition) is 0. The third kappa shape index (κ3) is 7.55. The highest BCUT2D eigenvalue weighted by atomic mass is 127. The Bertz CT molecular complexity index is 752. The monoisotopic (exact) mass is 737 g/mol. The Morgan fingerprint density at radius 2 is 0.895 bits per heavy atom. The summed E-state index contributed by atoms with van der Waals surface area (Å²) in [5, 5.41) is 0. The molecule has 0 unspecified atom stereocenters. The highest BCUT2D eigenvalue weighted by molar-refractivity contribution is 7.99. The van der Waals surface area contributed by atoms with Gasteiger partial charge in [-0.3, -0.25) is 0 Å². The van der Waals surface area contributed by atoms with Crippen molar-refractivity contribution in [2.24, 2.45) is 0 Å². The summed E-state index contributed by atoms with van der Waals surface area (Å²) >= 11 is 0.320. The van der Waals surface area contributed by atoms with Crippen molar-refractivity contribution < 1.29 is 108 Å². The van der Waals surface area contributed by atoms with E-state index in [2.05, 4.69) is 0 Å². The van der Waals surface area contributed by atoms with E-state index in [0.717, 1.165) is 0 Å². The number of halogens is 18. The molecule has 0 heterocycles. The first-order chi connectivity index (χ1) is 16.0. The molecule has 0 aromatic heterocycles. The molecule has 0 fully saturated rings. The lowest BCUT2D eigenvalue weighted by Crippen LogP contribution is -3.00. The van der Waals surface area contributed by atoms with Gasteiger partial charge in [-0.25, -0.2) is 0 Å². The molecule has 0 aromatic carbocycles. The van der Waals surface area contributed by atoms with Crippen LogP contribution in [0.1, 0.15) is 6.42 Å². The Labute approximate surface area is 226 Å². The largest absolute Gasteiger partial charge is 1.00 e. The molecule has 232 valence electrons. The van der Waals surface area contributed by atoms with E-state index < -0.39 is 59.8 Å². The molecule has 0 atom stereocenters. The highest BCUT2D eigenvalue weighted by Crippen LogP contribution is 2.64. The molecule has 0 spiro atoms. The van der Waals surface area contributed by atoms with Gasteiger partial charge in [0.2, 0.25) is 0 Å². The van der Waals surface area contributed by atoms with Crippen LogP contribution in [0.25, 0.3) is 0 Å². The van der Waals surface area contributed by atoms with Crippen LogP contribution in [0.3, 0.4) is 0 Å². The first-order valence-corrected chi connectivity index (χ1v) is 10.8. The maximum Gasteiger partial charge on any atom is 0.460 e. The van der Waals surface area contributed by atoms with Gasteiger partial charge in [-0.1, -0.05) is 0 Å². The lowest BCUT2D eigenvalue weighted by molar-refractivity contribution is -0.870. The standard InChI is InChI=1S/C17H21F17NOS.HI/c1-35(2,3)5-6-36-7-9-37-8-4-10(18,19)11(20,21)12(22,23)13(24,25)14(26,27)15(28,29)16(30,31)17(32,33)34;/h4-9H2,1-3H3;1H/q+1;/p-1. The minimum Gasteiger partial charge on any atom is -1.00 e. The zero-order valence-corrected chi connectivity index (χ0v) is 22.3. The van der Waals surface area contributed by atoms with Crippen molar-refractivity contribution in [1.29, 1.82) is 0 Å². The summed E-state index contributed by atoms with van der Waals surface area (Å²) in [6, 6.07) is 0. The Kier molecular flexibility index (Phi) is 13.0. The number of likely N-dealkylation sites (N-methyl/N-ethyl adjacent to an activating group) is 1. The molecular weight excluding hydrogens is 716 g/mol. The normalized spacial score (nSPS) is 15.5. The molecule has 0 N–H and O–H groups in total. The van der Waals surface area contributed by atoms with Crippen LogP contribution in [0.15, 0.2) is 0 Å². The van der Waals surface area contributed by atoms with Crippen molar-refractivity contribution in [3.05, 3.63) is 0 Å². The summed E-state index contributed by atoms with van der Waals surface area (Å²) < 4.78 is 229. The molecule has 2 nitrogen and oxygen atoms in total. The Morgan fingerprint density at radius 3 is 1.26 bits per heavy atom. The second-order valence-corrected chi connectivity index (χ2v) is 9.86. The molecule has 0 aromatic rings. The number of nitrogens with zero attached hydrogens (tertiary/aromatic N) is 1. The third-order valence-corrected chi connectivity index (χ3v) is 5.57. The lowest BCUT2D eigenvalue weighted by Gasteiger charge is -2.42. The van der Waals surface area contributed by atoms with Gasteiger partial charge < -0.3 is 33.2 Å². The summed E-state index contributed by atoms with van der Waals surface area (Å²) in [5.74, 6) is -57.4. The number of rotatable bonds is 15. The van der Waals surface area contributed by atoms with E-state index in [9.17, 15) is 74.6 Å². The zero-order valence-electron chi connectivity index (χ0n) is 19.3. The molecule has 0 aliphatic heterocycles. The molecule has 0 saturated carbocycles. The fourth-order valence-electron chi connectivity index (χ4n) is 2.21. The van der Waals surface area contributed by atoms with Gasteiger partial charge in [-0.2, -0.15) is 86.4 Å². The predicted molar refractivity (Wildman–Crippen MR) is 96.3 cm³/mol. The summed E-state index contributed by atoms with van der Waals surface area (Å²) in [6.07, 6.45) is -10.2. The number of thioether (sulfide) groups is 1. The number of hydrogen-bond acceptors (Lipinski definition) is 2. The van der Waals surface area contributed by atoms with Crippen LogP contribution in [-0.4, -0.2) is 105 Å². The first-order valence-electron chi connectivity index (χ1n) is 9.63. The molecule has 0 bridgehead atoms. The molecule has 38 heavy (non-hydrogen) atoms. The van der Waals surface area contributed by atoms with Crippen LogP contribution in [0.4, 0.5) is 74.6 Å². The predicted octanol–water partition coefficient (Wildman–Crippen LogP) is 3.85. The van der Waals surface area contributed by atoms with Crippen LogP contribution in [0, 0.1) is 0 Å².